The number of benzene rings is 1. The van der Waals surface area contributed by atoms with E-state index in [0.29, 0.717) is 12.1 Å². The monoisotopic (exact) mass is 313 g/mol. The molecule has 0 amide bonds. The van der Waals surface area contributed by atoms with Gasteiger partial charge >= 0.3 is 0 Å². The number of hydrogen-bond donors (Lipinski definition) is 1. The normalized spacial score (nSPS) is 12.7. The Morgan fingerprint density at radius 2 is 2.04 bits per heavy atom. The van der Waals surface area contributed by atoms with Gasteiger partial charge in [0.15, 0.2) is 0 Å². The Bertz CT molecular complexity index is 812. The number of fused-ring (bicyclic) bond motifs is 1. The van der Waals surface area contributed by atoms with E-state index in [2.05, 4.69) is 20.3 Å². The molecule has 0 bridgehead atoms. The highest BCUT2D eigenvalue weighted by Crippen LogP contribution is 2.20. The van der Waals surface area contributed by atoms with E-state index in [-0.39, 0.29) is 11.9 Å². The zero-order valence-electron chi connectivity index (χ0n) is 13.5. The van der Waals surface area contributed by atoms with Crippen molar-refractivity contribution in [2.45, 2.75) is 6.04 Å². The molecule has 0 spiro atoms. The topological polar surface area (TPSA) is 46.0 Å². The van der Waals surface area contributed by atoms with Crippen molar-refractivity contribution >= 4 is 16.7 Å². The van der Waals surface area contributed by atoms with Gasteiger partial charge in [-0.3, -0.25) is 4.68 Å². The van der Waals surface area contributed by atoms with Crippen LogP contribution < -0.4 is 5.32 Å². The molecule has 0 radical (unpaired) electrons. The number of hydrogen-bond acceptors (Lipinski definition) is 4. The van der Waals surface area contributed by atoms with Crippen molar-refractivity contribution in [3.05, 3.63) is 54.1 Å². The van der Waals surface area contributed by atoms with E-state index in [4.69, 9.17) is 0 Å². The number of halogens is 1. The third kappa shape index (κ3) is 3.48. The van der Waals surface area contributed by atoms with Gasteiger partial charge in [-0.05, 0) is 38.4 Å². The van der Waals surface area contributed by atoms with E-state index in [1.54, 1.807) is 10.7 Å². The van der Waals surface area contributed by atoms with Crippen LogP contribution in [0.25, 0.3) is 10.9 Å². The van der Waals surface area contributed by atoms with Gasteiger partial charge in [-0.2, -0.15) is 5.10 Å². The van der Waals surface area contributed by atoms with Gasteiger partial charge in [0, 0.05) is 36.8 Å². The number of nitrogens with one attached hydrogen (secondary N) is 1. The fourth-order valence-electron chi connectivity index (χ4n) is 2.60. The molecule has 3 aromatic rings. The summed E-state index contributed by atoms with van der Waals surface area (Å²) in [6.07, 6.45) is 3.88. The van der Waals surface area contributed by atoms with Gasteiger partial charge in [0.1, 0.15) is 11.6 Å². The maximum Gasteiger partial charge on any atom is 0.126 e. The third-order valence-corrected chi connectivity index (χ3v) is 3.86. The van der Waals surface area contributed by atoms with Gasteiger partial charge < -0.3 is 10.2 Å². The molecule has 0 aliphatic rings. The standard InChI is InChI=1S/C17H20FN5/c1-22(2)16(13-9-20-23(3)11-13)10-19-17-7-5-12-4-6-14(18)8-15(12)21-17/h4-9,11,16H,10H2,1-3H3,(H,19,21). The fourth-order valence-corrected chi connectivity index (χ4v) is 2.60. The lowest BCUT2D eigenvalue weighted by Gasteiger charge is -2.23. The molecule has 6 heteroatoms. The summed E-state index contributed by atoms with van der Waals surface area (Å²) in [6, 6.07) is 8.66. The highest BCUT2D eigenvalue weighted by molar-refractivity contribution is 5.80. The van der Waals surface area contributed by atoms with Crippen molar-refractivity contribution in [3.8, 4) is 0 Å². The van der Waals surface area contributed by atoms with Crippen LogP contribution in [0.3, 0.4) is 0 Å². The molecule has 0 saturated heterocycles. The quantitative estimate of drug-likeness (QED) is 0.787. The number of nitrogens with zero attached hydrogens (tertiary/aromatic N) is 4. The van der Waals surface area contributed by atoms with Crippen molar-refractivity contribution in [2.24, 2.45) is 7.05 Å². The van der Waals surface area contributed by atoms with E-state index in [1.807, 2.05) is 45.7 Å². The smallest absolute Gasteiger partial charge is 0.126 e. The van der Waals surface area contributed by atoms with Crippen molar-refractivity contribution in [3.63, 3.8) is 0 Å². The maximum absolute atomic E-state index is 13.3. The van der Waals surface area contributed by atoms with Crippen LogP contribution in [0, 0.1) is 5.82 Å². The van der Waals surface area contributed by atoms with Crippen molar-refractivity contribution in [2.75, 3.05) is 26.0 Å². The Labute approximate surface area is 134 Å². The van der Waals surface area contributed by atoms with Crippen LogP contribution in [0.1, 0.15) is 11.6 Å². The highest BCUT2D eigenvalue weighted by atomic mass is 19.1. The van der Waals surface area contributed by atoms with Crippen LogP contribution in [0.4, 0.5) is 10.2 Å². The van der Waals surface area contributed by atoms with E-state index < -0.39 is 0 Å². The minimum absolute atomic E-state index is 0.175. The average molecular weight is 313 g/mol. The van der Waals surface area contributed by atoms with E-state index in [9.17, 15) is 4.39 Å². The molecule has 1 N–H and O–H groups in total. The van der Waals surface area contributed by atoms with Crippen LogP contribution in [-0.4, -0.2) is 40.3 Å². The lowest BCUT2D eigenvalue weighted by atomic mass is 10.1. The molecule has 0 saturated carbocycles. The molecular formula is C17H20FN5. The summed E-state index contributed by atoms with van der Waals surface area (Å²) in [5, 5.41) is 8.49. The van der Waals surface area contributed by atoms with Gasteiger partial charge in [0.25, 0.3) is 0 Å². The number of aromatic nitrogens is 3. The second kappa shape index (κ2) is 6.34. The van der Waals surface area contributed by atoms with Crippen LogP contribution in [0.2, 0.25) is 0 Å². The van der Waals surface area contributed by atoms with Gasteiger partial charge in [0.2, 0.25) is 0 Å². The highest BCUT2D eigenvalue weighted by Gasteiger charge is 2.15. The molecule has 0 fully saturated rings. The second-order valence-electron chi connectivity index (χ2n) is 5.84. The first-order valence-corrected chi connectivity index (χ1v) is 7.48. The number of aryl methyl sites for hydroxylation is 1. The molecule has 2 heterocycles. The van der Waals surface area contributed by atoms with Crippen molar-refractivity contribution in [1.29, 1.82) is 0 Å². The first kappa shape index (κ1) is 15.4. The molecule has 23 heavy (non-hydrogen) atoms. The minimum Gasteiger partial charge on any atom is -0.368 e. The second-order valence-corrected chi connectivity index (χ2v) is 5.84. The van der Waals surface area contributed by atoms with Crippen LogP contribution in [0.5, 0.6) is 0 Å². The van der Waals surface area contributed by atoms with Gasteiger partial charge in [-0.1, -0.05) is 0 Å². The number of pyridine rings is 1. The lowest BCUT2D eigenvalue weighted by molar-refractivity contribution is 0.311. The summed E-state index contributed by atoms with van der Waals surface area (Å²) in [5.74, 6) is 0.461. The molecule has 5 nitrogen and oxygen atoms in total. The predicted octanol–water partition coefficient (Wildman–Crippen LogP) is 2.82. The largest absolute Gasteiger partial charge is 0.368 e. The van der Waals surface area contributed by atoms with E-state index in [1.165, 1.54) is 12.1 Å². The molecule has 120 valence electrons. The molecule has 1 aromatic carbocycles. The molecule has 0 aliphatic heterocycles. The minimum atomic E-state index is -0.274. The van der Waals surface area contributed by atoms with Crippen LogP contribution >= 0.6 is 0 Å². The molecular weight excluding hydrogens is 293 g/mol. The molecule has 2 aromatic heterocycles. The molecule has 1 atom stereocenters. The Hall–Kier alpha value is -2.47. The summed E-state index contributed by atoms with van der Waals surface area (Å²) in [6.45, 7) is 0.687. The Morgan fingerprint density at radius 3 is 2.74 bits per heavy atom. The summed E-state index contributed by atoms with van der Waals surface area (Å²) >= 11 is 0. The SMILES string of the molecule is CN(C)C(CNc1ccc2ccc(F)cc2n1)c1cnn(C)c1. The average Bonchev–Trinajstić information content (AvgIpc) is 2.93. The van der Waals surface area contributed by atoms with Crippen LogP contribution in [0.15, 0.2) is 42.7 Å². The Balaban J connectivity index is 1.78. The zero-order valence-corrected chi connectivity index (χ0v) is 13.5. The van der Waals surface area contributed by atoms with Gasteiger partial charge in [-0.15, -0.1) is 0 Å². The van der Waals surface area contributed by atoms with E-state index >= 15 is 0 Å². The molecule has 0 aliphatic carbocycles. The Morgan fingerprint density at radius 1 is 1.26 bits per heavy atom. The number of rotatable bonds is 5. The summed E-state index contributed by atoms with van der Waals surface area (Å²) in [7, 11) is 5.97. The summed E-state index contributed by atoms with van der Waals surface area (Å²) in [5.41, 5.74) is 1.79. The maximum atomic E-state index is 13.3. The van der Waals surface area contributed by atoms with Gasteiger partial charge in [-0.25, -0.2) is 9.37 Å². The molecule has 1 unspecified atom stereocenters. The third-order valence-electron chi connectivity index (χ3n) is 3.86. The Kier molecular flexibility index (Phi) is 4.25. The van der Waals surface area contributed by atoms with Crippen LogP contribution in [-0.2, 0) is 7.05 Å². The first-order valence-electron chi connectivity index (χ1n) is 7.48. The first-order chi connectivity index (χ1) is 11.0. The summed E-state index contributed by atoms with van der Waals surface area (Å²) in [4.78, 5) is 6.61. The zero-order chi connectivity index (χ0) is 16.4. The van der Waals surface area contributed by atoms with Crippen molar-refractivity contribution < 1.29 is 4.39 Å². The van der Waals surface area contributed by atoms with Crippen molar-refractivity contribution in [1.82, 2.24) is 19.7 Å². The molecule has 3 rings (SSSR count). The fraction of sp³-hybridized carbons (Fsp3) is 0.294. The lowest BCUT2D eigenvalue weighted by Crippen LogP contribution is -2.26. The summed E-state index contributed by atoms with van der Waals surface area (Å²) < 4.78 is 15.1. The van der Waals surface area contributed by atoms with E-state index in [0.717, 1.165) is 16.8 Å². The predicted molar refractivity (Wildman–Crippen MR) is 89.8 cm³/mol. The number of anilines is 1. The number of likely N-dealkylation sites (N-methyl/N-ethyl adjacent to an activating group) is 1. The van der Waals surface area contributed by atoms with Gasteiger partial charge in [0.05, 0.1) is 17.8 Å².